The van der Waals surface area contributed by atoms with E-state index in [1.807, 2.05) is 0 Å². The van der Waals surface area contributed by atoms with E-state index in [4.69, 9.17) is 4.74 Å². The van der Waals surface area contributed by atoms with E-state index >= 15 is 0 Å². The van der Waals surface area contributed by atoms with Gasteiger partial charge < -0.3 is 9.53 Å². The Morgan fingerprint density at radius 1 is 1.33 bits per heavy atom. The van der Waals surface area contributed by atoms with E-state index in [9.17, 15) is 4.79 Å². The second-order valence-electron chi connectivity index (χ2n) is 3.87. The van der Waals surface area contributed by atoms with Gasteiger partial charge >= 0.3 is 0 Å². The van der Waals surface area contributed by atoms with Crippen LogP contribution in [0.25, 0.3) is 0 Å². The summed E-state index contributed by atoms with van der Waals surface area (Å²) in [5.74, 6) is 0. The minimum absolute atomic E-state index is 0.0390. The van der Waals surface area contributed by atoms with Gasteiger partial charge in [-0.1, -0.05) is 0 Å². The summed E-state index contributed by atoms with van der Waals surface area (Å²) in [6, 6.07) is 0. The molecule has 0 amide bonds. The average molecular weight is 169 g/mol. The van der Waals surface area contributed by atoms with Crippen LogP contribution in [0.5, 0.6) is 0 Å². The standard InChI is InChI=1S/C9H15NO2/c11-8-9(1-2-9)7-10-3-5-12-6-4-10/h8H,1-7H2. The summed E-state index contributed by atoms with van der Waals surface area (Å²) in [6.45, 7) is 4.61. The highest BCUT2D eigenvalue weighted by atomic mass is 16.5. The summed E-state index contributed by atoms with van der Waals surface area (Å²) in [5, 5.41) is 0. The summed E-state index contributed by atoms with van der Waals surface area (Å²) in [5.41, 5.74) is 0.0390. The third-order valence-electron chi connectivity index (χ3n) is 2.78. The van der Waals surface area contributed by atoms with Gasteiger partial charge in [0.15, 0.2) is 0 Å². The lowest BCUT2D eigenvalue weighted by molar-refractivity contribution is -0.113. The lowest BCUT2D eigenvalue weighted by Gasteiger charge is -2.28. The molecule has 1 saturated carbocycles. The maximum absolute atomic E-state index is 10.7. The van der Waals surface area contributed by atoms with E-state index in [-0.39, 0.29) is 5.41 Å². The van der Waals surface area contributed by atoms with E-state index in [0.29, 0.717) is 0 Å². The normalized spacial score (nSPS) is 28.3. The molecule has 1 heterocycles. The third-order valence-corrected chi connectivity index (χ3v) is 2.78. The monoisotopic (exact) mass is 169 g/mol. The van der Waals surface area contributed by atoms with E-state index in [2.05, 4.69) is 4.90 Å². The predicted molar refractivity (Wildman–Crippen MR) is 45.0 cm³/mol. The molecule has 3 nitrogen and oxygen atoms in total. The minimum Gasteiger partial charge on any atom is -0.379 e. The molecule has 0 aromatic heterocycles. The Morgan fingerprint density at radius 3 is 2.50 bits per heavy atom. The zero-order chi connectivity index (χ0) is 8.44. The smallest absolute Gasteiger partial charge is 0.127 e. The predicted octanol–water partition coefficient (Wildman–Crippen LogP) is 0.298. The van der Waals surface area contributed by atoms with Crippen LogP contribution in [0.15, 0.2) is 0 Å². The topological polar surface area (TPSA) is 29.5 Å². The first-order valence-electron chi connectivity index (χ1n) is 4.61. The number of carbonyl (C=O) groups excluding carboxylic acids is 1. The van der Waals surface area contributed by atoms with Crippen molar-refractivity contribution in [3.8, 4) is 0 Å². The molecular weight excluding hydrogens is 154 g/mol. The molecule has 2 rings (SSSR count). The summed E-state index contributed by atoms with van der Waals surface area (Å²) in [4.78, 5) is 13.0. The summed E-state index contributed by atoms with van der Waals surface area (Å²) < 4.78 is 5.24. The SMILES string of the molecule is O=CC1(CN2CCOCC2)CC1. The maximum Gasteiger partial charge on any atom is 0.127 e. The summed E-state index contributed by atoms with van der Waals surface area (Å²) in [7, 11) is 0. The fourth-order valence-corrected chi connectivity index (χ4v) is 1.68. The quantitative estimate of drug-likeness (QED) is 0.569. The number of rotatable bonds is 3. The first-order valence-corrected chi connectivity index (χ1v) is 4.61. The van der Waals surface area contributed by atoms with Crippen LogP contribution < -0.4 is 0 Å². The van der Waals surface area contributed by atoms with E-state index in [0.717, 1.165) is 52.0 Å². The first kappa shape index (κ1) is 8.20. The van der Waals surface area contributed by atoms with E-state index in [1.54, 1.807) is 0 Å². The number of carbonyl (C=O) groups is 1. The minimum atomic E-state index is 0.0390. The maximum atomic E-state index is 10.7. The van der Waals surface area contributed by atoms with E-state index in [1.165, 1.54) is 0 Å². The van der Waals surface area contributed by atoms with Crippen LogP contribution in [0, 0.1) is 5.41 Å². The van der Waals surface area contributed by atoms with Crippen molar-refractivity contribution in [3.63, 3.8) is 0 Å². The molecule has 1 aliphatic heterocycles. The third kappa shape index (κ3) is 1.67. The summed E-state index contributed by atoms with van der Waals surface area (Å²) in [6.07, 6.45) is 3.32. The molecule has 0 radical (unpaired) electrons. The Morgan fingerprint density at radius 2 is 2.00 bits per heavy atom. The number of nitrogens with zero attached hydrogens (tertiary/aromatic N) is 1. The summed E-state index contributed by atoms with van der Waals surface area (Å²) >= 11 is 0. The van der Waals surface area contributed by atoms with Gasteiger partial charge in [0.05, 0.1) is 13.2 Å². The lowest BCUT2D eigenvalue weighted by atomic mass is 10.1. The zero-order valence-corrected chi connectivity index (χ0v) is 7.29. The Kier molecular flexibility index (Phi) is 2.15. The van der Waals surface area contributed by atoms with Crippen LogP contribution in [0.4, 0.5) is 0 Å². The van der Waals surface area contributed by atoms with Crippen molar-refractivity contribution in [3.05, 3.63) is 0 Å². The van der Waals surface area contributed by atoms with Crippen LogP contribution in [0.1, 0.15) is 12.8 Å². The second-order valence-corrected chi connectivity index (χ2v) is 3.87. The van der Waals surface area contributed by atoms with Crippen molar-refractivity contribution in [2.45, 2.75) is 12.8 Å². The van der Waals surface area contributed by atoms with E-state index < -0.39 is 0 Å². The number of ether oxygens (including phenoxy) is 1. The molecular formula is C9H15NO2. The van der Waals surface area contributed by atoms with Gasteiger partial charge in [-0.15, -0.1) is 0 Å². The van der Waals surface area contributed by atoms with Gasteiger partial charge in [0.1, 0.15) is 6.29 Å². The van der Waals surface area contributed by atoms with Gasteiger partial charge in [0, 0.05) is 25.0 Å². The highest BCUT2D eigenvalue weighted by Crippen LogP contribution is 2.44. The Balaban J connectivity index is 1.81. The molecule has 3 heteroatoms. The largest absolute Gasteiger partial charge is 0.379 e. The van der Waals surface area contributed by atoms with Crippen LogP contribution in [0.2, 0.25) is 0 Å². The second kappa shape index (κ2) is 3.15. The molecule has 68 valence electrons. The molecule has 0 atom stereocenters. The van der Waals surface area contributed by atoms with Crippen LogP contribution in [-0.2, 0) is 9.53 Å². The number of aldehydes is 1. The van der Waals surface area contributed by atoms with Gasteiger partial charge in [-0.05, 0) is 12.8 Å². The Labute approximate surface area is 72.7 Å². The van der Waals surface area contributed by atoms with Crippen LogP contribution in [0.3, 0.4) is 0 Å². The molecule has 2 aliphatic rings. The van der Waals surface area contributed by atoms with Crippen LogP contribution >= 0.6 is 0 Å². The van der Waals surface area contributed by atoms with Gasteiger partial charge in [-0.3, -0.25) is 4.90 Å². The van der Waals surface area contributed by atoms with Gasteiger partial charge in [-0.2, -0.15) is 0 Å². The Bertz CT molecular complexity index is 171. The fourth-order valence-electron chi connectivity index (χ4n) is 1.68. The molecule has 2 fully saturated rings. The van der Waals surface area contributed by atoms with Gasteiger partial charge in [-0.25, -0.2) is 0 Å². The molecule has 0 bridgehead atoms. The molecule has 0 aromatic carbocycles. The van der Waals surface area contributed by atoms with Crippen molar-refractivity contribution in [2.24, 2.45) is 5.41 Å². The van der Waals surface area contributed by atoms with Gasteiger partial charge in [0.25, 0.3) is 0 Å². The number of morpholine rings is 1. The highest BCUT2D eigenvalue weighted by molar-refractivity contribution is 5.63. The highest BCUT2D eigenvalue weighted by Gasteiger charge is 2.43. The first-order chi connectivity index (χ1) is 5.85. The fraction of sp³-hybridized carbons (Fsp3) is 0.889. The van der Waals surface area contributed by atoms with Crippen molar-refractivity contribution in [1.82, 2.24) is 4.90 Å². The average Bonchev–Trinajstić information content (AvgIpc) is 2.88. The van der Waals surface area contributed by atoms with Crippen molar-refractivity contribution < 1.29 is 9.53 Å². The van der Waals surface area contributed by atoms with Crippen molar-refractivity contribution in [1.29, 1.82) is 0 Å². The molecule has 1 aliphatic carbocycles. The Hall–Kier alpha value is -0.410. The number of hydrogen-bond donors (Lipinski definition) is 0. The molecule has 1 saturated heterocycles. The lowest BCUT2D eigenvalue weighted by Crippen LogP contribution is -2.40. The molecule has 0 N–H and O–H groups in total. The van der Waals surface area contributed by atoms with Crippen LogP contribution in [-0.4, -0.2) is 44.0 Å². The number of hydrogen-bond acceptors (Lipinski definition) is 3. The zero-order valence-electron chi connectivity index (χ0n) is 7.29. The van der Waals surface area contributed by atoms with Gasteiger partial charge in [0.2, 0.25) is 0 Å². The molecule has 0 aromatic rings. The van der Waals surface area contributed by atoms with Crippen molar-refractivity contribution in [2.75, 3.05) is 32.8 Å². The molecule has 0 unspecified atom stereocenters. The molecule has 12 heavy (non-hydrogen) atoms. The molecule has 0 spiro atoms. The van der Waals surface area contributed by atoms with Crippen molar-refractivity contribution >= 4 is 6.29 Å².